The van der Waals surface area contributed by atoms with Gasteiger partial charge in [-0.05, 0) is 42.7 Å². The smallest absolute Gasteiger partial charge is 0.272 e. The van der Waals surface area contributed by atoms with E-state index in [1.807, 2.05) is 12.1 Å². The number of carbonyl (C=O) groups is 2. The van der Waals surface area contributed by atoms with E-state index in [1.54, 1.807) is 29.4 Å². The minimum absolute atomic E-state index is 0.105. The lowest BCUT2D eigenvalue weighted by molar-refractivity contribution is 0.0787. The Labute approximate surface area is 134 Å². The number of carbonyl (C=O) groups excluding carboxylic acids is 2. The van der Waals surface area contributed by atoms with Crippen LogP contribution in [0.4, 0.5) is 0 Å². The van der Waals surface area contributed by atoms with Crippen molar-refractivity contribution in [2.24, 2.45) is 0 Å². The van der Waals surface area contributed by atoms with E-state index in [0.29, 0.717) is 17.8 Å². The third kappa shape index (κ3) is 3.71. The molecule has 2 amide bonds. The van der Waals surface area contributed by atoms with Gasteiger partial charge in [0.15, 0.2) is 0 Å². The average Bonchev–Trinajstić information content (AvgIpc) is 3.14. The van der Waals surface area contributed by atoms with Crippen molar-refractivity contribution >= 4 is 11.8 Å². The Bertz CT molecular complexity index is 697. The van der Waals surface area contributed by atoms with E-state index >= 15 is 0 Å². The van der Waals surface area contributed by atoms with Gasteiger partial charge in [-0.2, -0.15) is 0 Å². The number of nitrogens with one attached hydrogen (secondary N) is 1. The van der Waals surface area contributed by atoms with Crippen molar-refractivity contribution in [1.29, 1.82) is 0 Å². The SMILES string of the molecule is O=C(NCc1ccncc1)c1ccnc(C(=O)N2CCCC2)c1. The van der Waals surface area contributed by atoms with Crippen molar-refractivity contribution in [3.8, 4) is 0 Å². The third-order valence-corrected chi connectivity index (χ3v) is 3.84. The number of nitrogens with zero attached hydrogens (tertiary/aromatic N) is 3. The summed E-state index contributed by atoms with van der Waals surface area (Å²) in [5.41, 5.74) is 1.73. The molecule has 0 saturated carbocycles. The molecule has 3 heterocycles. The van der Waals surface area contributed by atoms with Gasteiger partial charge in [0.2, 0.25) is 0 Å². The fourth-order valence-electron chi connectivity index (χ4n) is 2.56. The van der Waals surface area contributed by atoms with Crippen LogP contribution in [-0.4, -0.2) is 39.8 Å². The van der Waals surface area contributed by atoms with Gasteiger partial charge in [0.1, 0.15) is 5.69 Å². The molecule has 1 aliphatic rings. The molecular weight excluding hydrogens is 292 g/mol. The van der Waals surface area contributed by atoms with Crippen molar-refractivity contribution < 1.29 is 9.59 Å². The van der Waals surface area contributed by atoms with Gasteiger partial charge in [0, 0.05) is 43.8 Å². The Morgan fingerprint density at radius 1 is 1.09 bits per heavy atom. The minimum Gasteiger partial charge on any atom is -0.348 e. The van der Waals surface area contributed by atoms with Crippen LogP contribution in [0.25, 0.3) is 0 Å². The first-order chi connectivity index (χ1) is 11.2. The second-order valence-corrected chi connectivity index (χ2v) is 5.47. The molecule has 1 fully saturated rings. The lowest BCUT2D eigenvalue weighted by Gasteiger charge is -2.14. The Morgan fingerprint density at radius 2 is 1.83 bits per heavy atom. The molecule has 0 radical (unpaired) electrons. The van der Waals surface area contributed by atoms with Crippen molar-refractivity contribution in [3.63, 3.8) is 0 Å². The van der Waals surface area contributed by atoms with Crippen LogP contribution in [0.1, 0.15) is 39.3 Å². The van der Waals surface area contributed by atoms with E-state index in [4.69, 9.17) is 0 Å². The summed E-state index contributed by atoms with van der Waals surface area (Å²) >= 11 is 0. The fraction of sp³-hybridized carbons (Fsp3) is 0.294. The maximum atomic E-state index is 12.3. The Morgan fingerprint density at radius 3 is 2.57 bits per heavy atom. The summed E-state index contributed by atoms with van der Waals surface area (Å²) in [6, 6.07) is 6.86. The minimum atomic E-state index is -0.223. The van der Waals surface area contributed by atoms with E-state index in [9.17, 15) is 9.59 Å². The van der Waals surface area contributed by atoms with E-state index in [2.05, 4.69) is 15.3 Å². The zero-order valence-corrected chi connectivity index (χ0v) is 12.7. The van der Waals surface area contributed by atoms with Gasteiger partial charge >= 0.3 is 0 Å². The molecule has 0 aliphatic carbocycles. The predicted molar refractivity (Wildman–Crippen MR) is 84.8 cm³/mol. The number of aromatic nitrogens is 2. The molecule has 0 spiro atoms. The third-order valence-electron chi connectivity index (χ3n) is 3.84. The number of likely N-dealkylation sites (tertiary alicyclic amines) is 1. The van der Waals surface area contributed by atoms with Gasteiger partial charge in [-0.1, -0.05) is 0 Å². The summed E-state index contributed by atoms with van der Waals surface area (Å²) in [6.07, 6.45) is 6.92. The average molecular weight is 310 g/mol. The quantitative estimate of drug-likeness (QED) is 0.931. The van der Waals surface area contributed by atoms with Crippen LogP contribution in [0, 0.1) is 0 Å². The number of pyridine rings is 2. The number of hydrogen-bond donors (Lipinski definition) is 1. The standard InChI is InChI=1S/C17H18N4O2/c22-16(20-12-13-3-6-18-7-4-13)14-5-8-19-15(11-14)17(23)21-9-1-2-10-21/h3-8,11H,1-2,9-10,12H2,(H,20,22). The van der Waals surface area contributed by atoms with Crippen LogP contribution in [-0.2, 0) is 6.54 Å². The van der Waals surface area contributed by atoms with Crippen molar-refractivity contribution in [2.75, 3.05) is 13.1 Å². The van der Waals surface area contributed by atoms with Crippen LogP contribution < -0.4 is 5.32 Å². The van der Waals surface area contributed by atoms with Gasteiger partial charge in [0.05, 0.1) is 0 Å². The van der Waals surface area contributed by atoms with E-state index in [0.717, 1.165) is 31.5 Å². The lowest BCUT2D eigenvalue weighted by Crippen LogP contribution is -2.29. The summed E-state index contributed by atoms with van der Waals surface area (Å²) in [4.78, 5) is 34.4. The first-order valence-electron chi connectivity index (χ1n) is 7.66. The monoisotopic (exact) mass is 310 g/mol. The van der Waals surface area contributed by atoms with Crippen LogP contribution in [0.5, 0.6) is 0 Å². The van der Waals surface area contributed by atoms with Crippen molar-refractivity contribution in [1.82, 2.24) is 20.2 Å². The Balaban J connectivity index is 1.66. The summed E-state index contributed by atoms with van der Waals surface area (Å²) in [6.45, 7) is 1.94. The summed E-state index contributed by atoms with van der Waals surface area (Å²) in [7, 11) is 0. The largest absolute Gasteiger partial charge is 0.348 e. The van der Waals surface area contributed by atoms with E-state index < -0.39 is 0 Å². The van der Waals surface area contributed by atoms with E-state index in [1.165, 1.54) is 6.20 Å². The van der Waals surface area contributed by atoms with Crippen molar-refractivity contribution in [2.45, 2.75) is 19.4 Å². The number of amides is 2. The topological polar surface area (TPSA) is 75.2 Å². The van der Waals surface area contributed by atoms with Gasteiger partial charge < -0.3 is 10.2 Å². The molecule has 0 bridgehead atoms. The molecule has 2 aromatic rings. The zero-order chi connectivity index (χ0) is 16.1. The molecule has 3 rings (SSSR count). The molecule has 0 unspecified atom stereocenters. The molecule has 2 aromatic heterocycles. The molecule has 0 atom stereocenters. The number of rotatable bonds is 4. The lowest BCUT2D eigenvalue weighted by atomic mass is 10.2. The number of hydrogen-bond acceptors (Lipinski definition) is 4. The second-order valence-electron chi connectivity index (χ2n) is 5.47. The normalized spacial score (nSPS) is 13.8. The van der Waals surface area contributed by atoms with E-state index in [-0.39, 0.29) is 11.8 Å². The maximum Gasteiger partial charge on any atom is 0.272 e. The molecule has 23 heavy (non-hydrogen) atoms. The van der Waals surface area contributed by atoms with Gasteiger partial charge in [-0.3, -0.25) is 19.6 Å². The van der Waals surface area contributed by atoms with Crippen LogP contribution in [0.3, 0.4) is 0 Å². The fourth-order valence-corrected chi connectivity index (χ4v) is 2.56. The summed E-state index contributed by atoms with van der Waals surface area (Å²) < 4.78 is 0. The highest BCUT2D eigenvalue weighted by Crippen LogP contribution is 2.12. The zero-order valence-electron chi connectivity index (χ0n) is 12.7. The van der Waals surface area contributed by atoms with Crippen molar-refractivity contribution in [3.05, 3.63) is 59.7 Å². The van der Waals surface area contributed by atoms with Gasteiger partial charge in [-0.25, -0.2) is 0 Å². The molecule has 1 aliphatic heterocycles. The summed E-state index contributed by atoms with van der Waals surface area (Å²) in [5, 5.41) is 2.83. The molecular formula is C17H18N4O2. The maximum absolute atomic E-state index is 12.3. The van der Waals surface area contributed by atoms with Gasteiger partial charge in [0.25, 0.3) is 11.8 Å². The second kappa shape index (κ2) is 7.00. The summed E-state index contributed by atoms with van der Waals surface area (Å²) in [5.74, 6) is -0.328. The Kier molecular flexibility index (Phi) is 4.61. The highest BCUT2D eigenvalue weighted by Gasteiger charge is 2.21. The van der Waals surface area contributed by atoms with Gasteiger partial charge in [-0.15, -0.1) is 0 Å². The highest BCUT2D eigenvalue weighted by atomic mass is 16.2. The molecule has 1 saturated heterocycles. The first kappa shape index (κ1) is 15.1. The molecule has 0 aromatic carbocycles. The highest BCUT2D eigenvalue weighted by molar-refractivity contribution is 5.98. The molecule has 6 nitrogen and oxygen atoms in total. The molecule has 1 N–H and O–H groups in total. The predicted octanol–water partition coefficient (Wildman–Crippen LogP) is 1.64. The van der Waals surface area contributed by atoms with Crippen LogP contribution in [0.2, 0.25) is 0 Å². The molecule has 118 valence electrons. The van der Waals surface area contributed by atoms with Crippen LogP contribution >= 0.6 is 0 Å². The molecule has 6 heteroatoms. The van der Waals surface area contributed by atoms with Crippen LogP contribution in [0.15, 0.2) is 42.9 Å². The Hall–Kier alpha value is -2.76. The first-order valence-corrected chi connectivity index (χ1v) is 7.66.